The maximum Gasteiger partial charge on any atom is 0.193 e. The number of rotatable bonds is 5. The van der Waals surface area contributed by atoms with Crippen LogP contribution in [0.4, 0.5) is 0 Å². The molecule has 0 bridgehead atoms. The molecule has 0 unspecified atom stereocenters. The minimum Gasteiger partial charge on any atom is -0.381 e. The first-order chi connectivity index (χ1) is 13.1. The highest BCUT2D eigenvalue weighted by Crippen LogP contribution is 2.38. The van der Waals surface area contributed by atoms with Gasteiger partial charge in [0.15, 0.2) is 5.96 Å². The molecule has 3 rings (SSSR count). The fourth-order valence-electron chi connectivity index (χ4n) is 3.81. The SMILES string of the molecule is CN=C(NCC1(c2ccccc2Cl)CCOCC1)N(C)Cc1cccn1C. The molecule has 0 radical (unpaired) electrons. The first kappa shape index (κ1) is 19.8. The Morgan fingerprint density at radius 2 is 2.00 bits per heavy atom. The van der Waals surface area contributed by atoms with Gasteiger partial charge in [-0.05, 0) is 36.6 Å². The van der Waals surface area contributed by atoms with Crippen LogP contribution in [0.5, 0.6) is 0 Å². The van der Waals surface area contributed by atoms with Crippen molar-refractivity contribution < 1.29 is 4.74 Å². The lowest BCUT2D eigenvalue weighted by atomic mass is 9.74. The summed E-state index contributed by atoms with van der Waals surface area (Å²) in [5.41, 5.74) is 2.40. The highest BCUT2D eigenvalue weighted by atomic mass is 35.5. The van der Waals surface area contributed by atoms with E-state index in [0.29, 0.717) is 0 Å². The van der Waals surface area contributed by atoms with Gasteiger partial charge in [-0.25, -0.2) is 0 Å². The molecule has 0 aliphatic carbocycles. The van der Waals surface area contributed by atoms with E-state index in [1.807, 2.05) is 19.2 Å². The van der Waals surface area contributed by atoms with Crippen LogP contribution in [0.25, 0.3) is 0 Å². The predicted octanol–water partition coefficient (Wildman–Crippen LogP) is 3.43. The number of hydrogen-bond donors (Lipinski definition) is 1. The quantitative estimate of drug-likeness (QED) is 0.630. The van der Waals surface area contributed by atoms with Crippen molar-refractivity contribution in [3.63, 3.8) is 0 Å². The first-order valence-electron chi connectivity index (χ1n) is 9.40. The second-order valence-corrected chi connectivity index (χ2v) is 7.65. The topological polar surface area (TPSA) is 41.8 Å². The molecule has 6 heteroatoms. The minimum atomic E-state index is -0.0433. The zero-order chi connectivity index (χ0) is 19.3. The molecule has 1 N–H and O–H groups in total. The summed E-state index contributed by atoms with van der Waals surface area (Å²) in [7, 11) is 5.96. The van der Waals surface area contributed by atoms with Crippen LogP contribution in [0.15, 0.2) is 47.6 Å². The molecule has 0 atom stereocenters. The smallest absolute Gasteiger partial charge is 0.193 e. The van der Waals surface area contributed by atoms with Crippen LogP contribution in [0.3, 0.4) is 0 Å². The Hall–Kier alpha value is -1.98. The summed E-state index contributed by atoms with van der Waals surface area (Å²) >= 11 is 6.56. The third-order valence-corrected chi connectivity index (χ3v) is 5.83. The number of halogens is 1. The van der Waals surface area contributed by atoms with E-state index < -0.39 is 0 Å². The highest BCUT2D eigenvalue weighted by molar-refractivity contribution is 6.31. The molecule has 2 aromatic rings. The maximum atomic E-state index is 6.56. The van der Waals surface area contributed by atoms with E-state index in [4.69, 9.17) is 16.3 Å². The molecule has 1 aliphatic rings. The van der Waals surface area contributed by atoms with Crippen LogP contribution in [0.2, 0.25) is 5.02 Å². The molecular formula is C21H29ClN4O. The van der Waals surface area contributed by atoms with Crippen LogP contribution >= 0.6 is 11.6 Å². The lowest BCUT2D eigenvalue weighted by Gasteiger charge is -2.39. The van der Waals surface area contributed by atoms with Gasteiger partial charge in [0.1, 0.15) is 0 Å². The van der Waals surface area contributed by atoms with Crippen molar-refractivity contribution in [1.82, 2.24) is 14.8 Å². The fraction of sp³-hybridized carbons (Fsp3) is 0.476. The lowest BCUT2D eigenvalue weighted by Crippen LogP contribution is -2.48. The monoisotopic (exact) mass is 388 g/mol. The summed E-state index contributed by atoms with van der Waals surface area (Å²) in [5.74, 6) is 0.883. The Morgan fingerprint density at radius 1 is 1.26 bits per heavy atom. The standard InChI is InChI=1S/C21H29ClN4O/c1-23-20(26(3)15-17-7-6-12-25(17)2)24-16-21(10-13-27-14-11-21)18-8-4-5-9-19(18)22/h4-9,12H,10-11,13-16H2,1-3H3,(H,23,24). The fourth-order valence-corrected chi connectivity index (χ4v) is 4.14. The number of aryl methyl sites for hydroxylation is 1. The number of benzene rings is 1. The molecule has 2 heterocycles. The minimum absolute atomic E-state index is 0.0433. The number of guanidine groups is 1. The van der Waals surface area contributed by atoms with E-state index in [1.54, 1.807) is 0 Å². The van der Waals surface area contributed by atoms with E-state index >= 15 is 0 Å². The summed E-state index contributed by atoms with van der Waals surface area (Å²) in [4.78, 5) is 6.64. The van der Waals surface area contributed by atoms with Crippen molar-refractivity contribution in [3.05, 3.63) is 58.9 Å². The van der Waals surface area contributed by atoms with Crippen LogP contribution in [0.1, 0.15) is 24.1 Å². The second kappa shape index (κ2) is 8.81. The summed E-state index contributed by atoms with van der Waals surface area (Å²) in [6, 6.07) is 12.4. The summed E-state index contributed by atoms with van der Waals surface area (Å²) in [5, 5.41) is 4.42. The molecule has 146 valence electrons. The van der Waals surface area contributed by atoms with Crippen molar-refractivity contribution in [3.8, 4) is 0 Å². The molecule has 27 heavy (non-hydrogen) atoms. The average Bonchev–Trinajstić information content (AvgIpc) is 3.08. The highest BCUT2D eigenvalue weighted by Gasteiger charge is 2.36. The van der Waals surface area contributed by atoms with Gasteiger partial charge in [-0.3, -0.25) is 4.99 Å². The number of ether oxygens (including phenoxy) is 1. The van der Waals surface area contributed by atoms with E-state index in [-0.39, 0.29) is 5.41 Å². The zero-order valence-electron chi connectivity index (χ0n) is 16.4. The van der Waals surface area contributed by atoms with Crippen LogP contribution in [-0.2, 0) is 23.7 Å². The van der Waals surface area contributed by atoms with E-state index in [0.717, 1.165) is 50.1 Å². The average molecular weight is 389 g/mol. The van der Waals surface area contributed by atoms with Gasteiger partial charge in [0.05, 0.1) is 6.54 Å². The Balaban J connectivity index is 1.74. The van der Waals surface area contributed by atoms with Gasteiger partial charge < -0.3 is 19.5 Å². The molecule has 5 nitrogen and oxygen atoms in total. The number of aliphatic imine (C=N–C) groups is 1. The molecule has 1 aromatic carbocycles. The second-order valence-electron chi connectivity index (χ2n) is 7.24. The third kappa shape index (κ3) is 4.47. The Bertz CT molecular complexity index is 780. The molecule has 1 aromatic heterocycles. The normalized spacial score (nSPS) is 17.0. The van der Waals surface area contributed by atoms with Gasteiger partial charge >= 0.3 is 0 Å². The molecule has 1 aliphatic heterocycles. The van der Waals surface area contributed by atoms with E-state index in [9.17, 15) is 0 Å². The Morgan fingerprint density at radius 3 is 2.63 bits per heavy atom. The molecular weight excluding hydrogens is 360 g/mol. The summed E-state index contributed by atoms with van der Waals surface area (Å²) in [6.45, 7) is 3.09. The van der Waals surface area contributed by atoms with Crippen molar-refractivity contribution in [2.24, 2.45) is 12.0 Å². The van der Waals surface area contributed by atoms with Gasteiger partial charge in [0.25, 0.3) is 0 Å². The lowest BCUT2D eigenvalue weighted by molar-refractivity contribution is 0.0512. The number of nitrogens with one attached hydrogen (secondary N) is 1. The van der Waals surface area contributed by atoms with Crippen LogP contribution < -0.4 is 5.32 Å². The molecule has 1 fully saturated rings. The number of aromatic nitrogens is 1. The Labute approximate surface area is 167 Å². The largest absolute Gasteiger partial charge is 0.381 e. The number of nitrogens with zero attached hydrogens (tertiary/aromatic N) is 3. The van der Waals surface area contributed by atoms with Crippen LogP contribution in [0, 0.1) is 0 Å². The predicted molar refractivity (Wildman–Crippen MR) is 111 cm³/mol. The van der Waals surface area contributed by atoms with E-state index in [1.165, 1.54) is 11.3 Å². The van der Waals surface area contributed by atoms with Crippen molar-refractivity contribution in [1.29, 1.82) is 0 Å². The van der Waals surface area contributed by atoms with Gasteiger partial charge in [-0.2, -0.15) is 0 Å². The zero-order valence-corrected chi connectivity index (χ0v) is 17.2. The third-order valence-electron chi connectivity index (χ3n) is 5.50. The summed E-state index contributed by atoms with van der Waals surface area (Å²) in [6.07, 6.45) is 3.96. The maximum absolute atomic E-state index is 6.56. The van der Waals surface area contributed by atoms with Crippen LogP contribution in [-0.4, -0.2) is 49.3 Å². The molecule has 1 saturated heterocycles. The molecule has 0 spiro atoms. The van der Waals surface area contributed by atoms with Gasteiger partial charge in [-0.1, -0.05) is 29.8 Å². The van der Waals surface area contributed by atoms with Gasteiger partial charge in [0, 0.05) is 63.2 Å². The number of hydrogen-bond acceptors (Lipinski definition) is 2. The van der Waals surface area contributed by atoms with Crippen molar-refractivity contribution in [2.75, 3.05) is 33.9 Å². The molecule has 0 saturated carbocycles. The first-order valence-corrected chi connectivity index (χ1v) is 9.78. The van der Waals surface area contributed by atoms with Gasteiger partial charge in [-0.15, -0.1) is 0 Å². The van der Waals surface area contributed by atoms with E-state index in [2.05, 4.69) is 64.3 Å². The van der Waals surface area contributed by atoms with Crippen molar-refractivity contribution >= 4 is 17.6 Å². The molecule has 0 amide bonds. The summed E-state index contributed by atoms with van der Waals surface area (Å²) < 4.78 is 7.77. The van der Waals surface area contributed by atoms with Gasteiger partial charge in [0.2, 0.25) is 0 Å². The van der Waals surface area contributed by atoms with Crippen molar-refractivity contribution in [2.45, 2.75) is 24.8 Å². The Kier molecular flexibility index (Phi) is 6.45.